The number of anilines is 1. The van der Waals surface area contributed by atoms with Crippen LogP contribution in [0.4, 0.5) is 11.4 Å². The number of hydrogen-bond donors (Lipinski definition) is 3. The third kappa shape index (κ3) is 2.97. The quantitative estimate of drug-likeness (QED) is 0.545. The molecule has 0 unspecified atom stereocenters. The monoisotopic (exact) mass is 312 g/mol. The molecule has 0 aliphatic carbocycles. The minimum Gasteiger partial charge on any atom is -0.478 e. The molecule has 0 radical (unpaired) electrons. The van der Waals surface area contributed by atoms with E-state index in [-0.39, 0.29) is 16.3 Å². The Bertz CT molecular complexity index is 799. The van der Waals surface area contributed by atoms with E-state index in [0.717, 1.165) is 18.2 Å². The zero-order valence-electron chi connectivity index (χ0n) is 10.2. The number of hydrogen-bond acceptors (Lipinski definition) is 6. The summed E-state index contributed by atoms with van der Waals surface area (Å²) in [4.78, 5) is 20.8. The molecule has 0 amide bonds. The van der Waals surface area contributed by atoms with E-state index in [0.29, 0.717) is 0 Å². The topological polar surface area (TPSA) is 155 Å². The molecule has 3 N–H and O–H groups in total. The lowest BCUT2D eigenvalue weighted by Gasteiger charge is -2.07. The van der Waals surface area contributed by atoms with Crippen LogP contribution in [0.25, 0.3) is 0 Å². The summed E-state index contributed by atoms with van der Waals surface area (Å²) in [5.41, 5.74) is -1.34. The van der Waals surface area contributed by atoms with E-state index in [1.54, 1.807) is 0 Å². The van der Waals surface area contributed by atoms with Crippen molar-refractivity contribution in [2.75, 3.05) is 4.72 Å². The molecule has 1 heterocycles. The summed E-state index contributed by atoms with van der Waals surface area (Å²) < 4.78 is 25.9. The lowest BCUT2D eigenvalue weighted by molar-refractivity contribution is -0.383. The summed E-state index contributed by atoms with van der Waals surface area (Å²) in [6.45, 7) is 0. The summed E-state index contributed by atoms with van der Waals surface area (Å²) in [5.74, 6) is -1.36. The summed E-state index contributed by atoms with van der Waals surface area (Å²) in [5, 5.41) is 25.1. The van der Waals surface area contributed by atoms with Crippen LogP contribution in [0.3, 0.4) is 0 Å². The van der Waals surface area contributed by atoms with Crippen LogP contribution >= 0.6 is 0 Å². The summed E-state index contributed by atoms with van der Waals surface area (Å²) >= 11 is 0. The van der Waals surface area contributed by atoms with Crippen molar-refractivity contribution in [2.24, 2.45) is 0 Å². The van der Waals surface area contributed by atoms with Gasteiger partial charge in [-0.15, -0.1) is 0 Å². The van der Waals surface area contributed by atoms with Crippen LogP contribution in [0.15, 0.2) is 35.5 Å². The second-order valence-corrected chi connectivity index (χ2v) is 5.47. The molecule has 0 atom stereocenters. The molecule has 110 valence electrons. The molecule has 0 saturated carbocycles. The predicted octanol–water partition coefficient (Wildman–Crippen LogP) is 0.817. The number of nitro benzene ring substituents is 1. The molecule has 2 rings (SSSR count). The number of aromatic amines is 1. The normalized spacial score (nSPS) is 11.0. The number of nitro groups is 1. The third-order valence-electron chi connectivity index (χ3n) is 2.45. The predicted molar refractivity (Wildman–Crippen MR) is 69.5 cm³/mol. The first-order valence-electron chi connectivity index (χ1n) is 5.35. The van der Waals surface area contributed by atoms with Gasteiger partial charge in [0.2, 0.25) is 0 Å². The zero-order chi connectivity index (χ0) is 15.6. The number of carboxylic acid groups (broad SMARTS) is 1. The Morgan fingerprint density at radius 1 is 1.38 bits per heavy atom. The fourth-order valence-electron chi connectivity index (χ4n) is 1.49. The zero-order valence-corrected chi connectivity index (χ0v) is 11.0. The second-order valence-electron chi connectivity index (χ2n) is 3.82. The Hall–Kier alpha value is -2.95. The Labute approximate surface area is 117 Å². The van der Waals surface area contributed by atoms with Crippen molar-refractivity contribution in [3.63, 3.8) is 0 Å². The van der Waals surface area contributed by atoms with Crippen molar-refractivity contribution in [3.8, 4) is 0 Å². The molecular weight excluding hydrogens is 304 g/mol. The average Bonchev–Trinajstić information content (AvgIpc) is 2.92. The molecule has 10 nitrogen and oxygen atoms in total. The maximum Gasteiger partial charge on any atom is 0.335 e. The highest BCUT2D eigenvalue weighted by Gasteiger charge is 2.23. The Morgan fingerprint density at radius 2 is 2.10 bits per heavy atom. The van der Waals surface area contributed by atoms with Crippen LogP contribution in [0, 0.1) is 10.1 Å². The van der Waals surface area contributed by atoms with Crippen LogP contribution in [0.5, 0.6) is 0 Å². The van der Waals surface area contributed by atoms with Gasteiger partial charge in [0.25, 0.3) is 15.7 Å². The third-order valence-corrected chi connectivity index (χ3v) is 3.75. The summed E-state index contributed by atoms with van der Waals surface area (Å²) in [6, 6.07) is 4.00. The van der Waals surface area contributed by atoms with Gasteiger partial charge < -0.3 is 5.11 Å². The first-order chi connectivity index (χ1) is 9.81. The molecule has 2 aromatic rings. The van der Waals surface area contributed by atoms with Gasteiger partial charge in [-0.1, -0.05) is 0 Å². The van der Waals surface area contributed by atoms with Gasteiger partial charge in [0.05, 0.1) is 16.7 Å². The summed E-state index contributed by atoms with van der Waals surface area (Å²) in [7, 11) is -4.08. The van der Waals surface area contributed by atoms with Crippen LogP contribution in [-0.2, 0) is 10.0 Å². The molecule has 0 bridgehead atoms. The molecule has 0 fully saturated rings. The van der Waals surface area contributed by atoms with Crippen LogP contribution in [0.1, 0.15) is 10.4 Å². The number of nitrogens with one attached hydrogen (secondary N) is 2. The van der Waals surface area contributed by atoms with E-state index in [9.17, 15) is 23.3 Å². The van der Waals surface area contributed by atoms with E-state index in [4.69, 9.17) is 5.11 Å². The highest BCUT2D eigenvalue weighted by atomic mass is 32.2. The fourth-order valence-corrected chi connectivity index (χ4v) is 2.48. The number of benzene rings is 1. The van der Waals surface area contributed by atoms with E-state index in [1.807, 2.05) is 4.72 Å². The number of H-pyrrole nitrogens is 1. The molecule has 0 saturated heterocycles. The summed E-state index contributed by atoms with van der Waals surface area (Å²) in [6.07, 6.45) is 1.20. The minimum absolute atomic E-state index is 0.279. The van der Waals surface area contributed by atoms with Gasteiger partial charge in [-0.2, -0.15) is 13.5 Å². The lowest BCUT2D eigenvalue weighted by atomic mass is 10.2. The first kappa shape index (κ1) is 14.5. The van der Waals surface area contributed by atoms with Crippen molar-refractivity contribution in [2.45, 2.75) is 5.03 Å². The van der Waals surface area contributed by atoms with E-state index >= 15 is 0 Å². The average molecular weight is 312 g/mol. The highest BCUT2D eigenvalue weighted by molar-refractivity contribution is 7.92. The van der Waals surface area contributed by atoms with Crippen molar-refractivity contribution in [1.29, 1.82) is 0 Å². The van der Waals surface area contributed by atoms with Crippen molar-refractivity contribution in [3.05, 3.63) is 46.1 Å². The van der Waals surface area contributed by atoms with Gasteiger partial charge in [0, 0.05) is 6.07 Å². The number of carbonyl (C=O) groups is 1. The first-order valence-corrected chi connectivity index (χ1v) is 6.83. The molecule has 1 aromatic heterocycles. The Balaban J connectivity index is 2.45. The van der Waals surface area contributed by atoms with E-state index in [1.165, 1.54) is 12.3 Å². The Morgan fingerprint density at radius 3 is 2.62 bits per heavy atom. The van der Waals surface area contributed by atoms with Gasteiger partial charge in [0.15, 0.2) is 5.03 Å². The van der Waals surface area contributed by atoms with Gasteiger partial charge in [-0.3, -0.25) is 19.9 Å². The smallest absolute Gasteiger partial charge is 0.335 e. The second kappa shape index (κ2) is 5.20. The lowest BCUT2D eigenvalue weighted by Crippen LogP contribution is -2.15. The number of aromatic carboxylic acids is 1. The van der Waals surface area contributed by atoms with Gasteiger partial charge in [-0.25, -0.2) is 4.79 Å². The molecule has 0 aliphatic rings. The van der Waals surface area contributed by atoms with Gasteiger partial charge >= 0.3 is 5.97 Å². The van der Waals surface area contributed by atoms with Crippen molar-refractivity contribution in [1.82, 2.24) is 10.2 Å². The van der Waals surface area contributed by atoms with Gasteiger partial charge in [-0.05, 0) is 18.2 Å². The maximum absolute atomic E-state index is 11.9. The minimum atomic E-state index is -4.08. The number of carboxylic acids is 1. The SMILES string of the molecule is O=C(O)c1ccc(NS(=O)(=O)c2ccn[nH]2)c([N+](=O)[O-])c1. The van der Waals surface area contributed by atoms with Crippen LogP contribution < -0.4 is 4.72 Å². The van der Waals surface area contributed by atoms with Crippen molar-refractivity contribution < 1.29 is 23.2 Å². The number of aromatic nitrogens is 2. The molecule has 1 aromatic carbocycles. The van der Waals surface area contributed by atoms with E-state index < -0.39 is 26.6 Å². The number of sulfonamides is 1. The highest BCUT2D eigenvalue weighted by Crippen LogP contribution is 2.27. The molecule has 11 heteroatoms. The number of rotatable bonds is 5. The fraction of sp³-hybridized carbons (Fsp3) is 0. The largest absolute Gasteiger partial charge is 0.478 e. The molecular formula is C10H8N4O6S. The molecule has 21 heavy (non-hydrogen) atoms. The van der Waals surface area contributed by atoms with Gasteiger partial charge in [0.1, 0.15) is 5.69 Å². The molecule has 0 spiro atoms. The Kier molecular flexibility index (Phi) is 3.58. The molecule has 0 aliphatic heterocycles. The number of nitrogens with zero attached hydrogens (tertiary/aromatic N) is 2. The maximum atomic E-state index is 11.9. The van der Waals surface area contributed by atoms with Crippen LogP contribution in [-0.4, -0.2) is 34.6 Å². The van der Waals surface area contributed by atoms with Crippen LogP contribution in [0.2, 0.25) is 0 Å². The van der Waals surface area contributed by atoms with E-state index in [2.05, 4.69) is 10.2 Å². The van der Waals surface area contributed by atoms with Crippen molar-refractivity contribution >= 4 is 27.4 Å². The standard InChI is InChI=1S/C10H8N4O6S/c15-10(16)6-1-2-7(8(5-6)14(17)18)13-21(19,20)9-3-4-11-12-9/h1-5,13H,(H,11,12)(H,15,16).